The first kappa shape index (κ1) is 25.8. The van der Waals surface area contributed by atoms with E-state index >= 15 is 17.6 Å². The van der Waals surface area contributed by atoms with Crippen molar-refractivity contribution in [3.8, 4) is 20.9 Å². The molecule has 0 bridgehead atoms. The molecule has 8 heteroatoms. The fourth-order valence-corrected chi connectivity index (χ4v) is 6.82. The number of aryl methyl sites for hydroxylation is 4. The second-order valence-corrected chi connectivity index (χ2v) is 11.9. The Labute approximate surface area is 218 Å². The highest BCUT2D eigenvalue weighted by Gasteiger charge is 2.80. The fraction of sp³-hybridized carbons (Fsp3) is 0.241. The largest absolute Gasteiger partial charge is 0.380 e. The molecule has 0 amide bonds. The van der Waals surface area contributed by atoms with E-state index in [0.29, 0.717) is 20.9 Å². The van der Waals surface area contributed by atoms with Crippen molar-refractivity contribution in [1.29, 1.82) is 0 Å². The molecule has 5 rings (SSSR count). The van der Waals surface area contributed by atoms with Gasteiger partial charge in [-0.05, 0) is 62.1 Å². The van der Waals surface area contributed by atoms with Crippen LogP contribution in [0.1, 0.15) is 32.0 Å². The van der Waals surface area contributed by atoms with Crippen LogP contribution in [0.5, 0.6) is 0 Å². The molecule has 0 saturated carbocycles. The van der Waals surface area contributed by atoms with E-state index < -0.39 is 28.9 Å². The van der Waals surface area contributed by atoms with Crippen LogP contribution in [-0.4, -0.2) is 17.8 Å². The molecule has 0 atom stereocenters. The summed E-state index contributed by atoms with van der Waals surface area (Å²) in [6.07, 6.45) is 0. The smallest absolute Gasteiger partial charge is 0.194 e. The first-order chi connectivity index (χ1) is 17.3. The van der Waals surface area contributed by atoms with Gasteiger partial charge in [-0.25, -0.2) is 0 Å². The number of alkyl halides is 6. The van der Waals surface area contributed by atoms with Crippen molar-refractivity contribution in [3.05, 3.63) is 92.7 Å². The lowest BCUT2D eigenvalue weighted by atomic mass is 9.94. The standard InChI is InChI=1S/C29H22F6S2/c1-15-7-5-9-19(11-15)23-13-21(17(3)36-23)25-26(28(32,33)29(34,35)27(25,30)31)22-14-24(37-18(22)4)20-10-6-8-16(2)12-20/h5-14H,1-4H3. The highest BCUT2D eigenvalue weighted by Crippen LogP contribution is 2.66. The molecule has 1 aliphatic rings. The van der Waals surface area contributed by atoms with Gasteiger partial charge in [0.2, 0.25) is 0 Å². The third kappa shape index (κ3) is 3.87. The van der Waals surface area contributed by atoms with Gasteiger partial charge in [0, 0.05) is 30.7 Å². The maximum absolute atomic E-state index is 15.4. The Morgan fingerprint density at radius 1 is 0.541 bits per heavy atom. The van der Waals surface area contributed by atoms with Crippen molar-refractivity contribution in [3.63, 3.8) is 0 Å². The monoisotopic (exact) mass is 548 g/mol. The average Bonchev–Trinajstić information content (AvgIpc) is 3.41. The number of allylic oxidation sites excluding steroid dienone is 2. The molecule has 0 fully saturated rings. The van der Waals surface area contributed by atoms with E-state index in [4.69, 9.17) is 0 Å². The maximum atomic E-state index is 15.4. The van der Waals surface area contributed by atoms with Crippen LogP contribution in [-0.2, 0) is 0 Å². The minimum Gasteiger partial charge on any atom is -0.194 e. The second kappa shape index (κ2) is 8.60. The molecule has 2 aromatic heterocycles. The van der Waals surface area contributed by atoms with E-state index in [1.54, 1.807) is 24.3 Å². The van der Waals surface area contributed by atoms with E-state index in [1.807, 2.05) is 38.1 Å². The maximum Gasteiger partial charge on any atom is 0.380 e. The zero-order valence-electron chi connectivity index (χ0n) is 20.4. The zero-order valence-corrected chi connectivity index (χ0v) is 22.0. The average molecular weight is 549 g/mol. The Bertz CT molecular complexity index is 1440. The van der Waals surface area contributed by atoms with Crippen molar-refractivity contribution in [2.75, 3.05) is 0 Å². The highest BCUT2D eigenvalue weighted by molar-refractivity contribution is 7.16. The predicted octanol–water partition coefficient (Wildman–Crippen LogP) is 10.2. The summed E-state index contributed by atoms with van der Waals surface area (Å²) >= 11 is 2.23. The molecule has 37 heavy (non-hydrogen) atoms. The Kier molecular flexibility index (Phi) is 5.99. The number of benzene rings is 2. The van der Waals surface area contributed by atoms with Gasteiger partial charge in [-0.1, -0.05) is 59.7 Å². The van der Waals surface area contributed by atoms with Crippen molar-refractivity contribution >= 4 is 33.8 Å². The summed E-state index contributed by atoms with van der Waals surface area (Å²) in [6.45, 7) is 6.71. The topological polar surface area (TPSA) is 0 Å². The van der Waals surface area contributed by atoms with Crippen molar-refractivity contribution in [2.24, 2.45) is 0 Å². The summed E-state index contributed by atoms with van der Waals surface area (Å²) in [6, 6.07) is 17.2. The Balaban J connectivity index is 1.78. The molecule has 0 unspecified atom stereocenters. The van der Waals surface area contributed by atoms with Crippen molar-refractivity contribution < 1.29 is 26.3 Å². The predicted molar refractivity (Wildman–Crippen MR) is 140 cm³/mol. The third-order valence-corrected chi connectivity index (χ3v) is 8.85. The van der Waals surface area contributed by atoms with Gasteiger partial charge in [-0.2, -0.15) is 26.3 Å². The molecule has 0 saturated heterocycles. The van der Waals surface area contributed by atoms with Crippen LogP contribution in [0.15, 0.2) is 60.7 Å². The summed E-state index contributed by atoms with van der Waals surface area (Å²) in [5.74, 6) is -15.7. The lowest BCUT2D eigenvalue weighted by Gasteiger charge is -2.25. The van der Waals surface area contributed by atoms with E-state index in [9.17, 15) is 8.78 Å². The number of hydrogen-bond donors (Lipinski definition) is 0. The molecular formula is C29H22F6S2. The van der Waals surface area contributed by atoms with Crippen LogP contribution in [0, 0.1) is 27.7 Å². The van der Waals surface area contributed by atoms with E-state index in [0.717, 1.165) is 33.8 Å². The zero-order chi connectivity index (χ0) is 26.9. The van der Waals surface area contributed by atoms with Crippen LogP contribution in [0.25, 0.3) is 32.0 Å². The SMILES string of the molecule is Cc1cccc(-c2cc(C3=C(c4cc(-c5cccc(C)c5)sc4C)C(F)(F)C(F)(F)C3(F)F)c(C)s2)c1. The lowest BCUT2D eigenvalue weighted by Crippen LogP contribution is -2.48. The van der Waals surface area contributed by atoms with Crippen molar-refractivity contribution in [2.45, 2.75) is 45.5 Å². The minimum atomic E-state index is -5.58. The summed E-state index contributed by atoms with van der Waals surface area (Å²) < 4.78 is 91.3. The third-order valence-electron chi connectivity index (χ3n) is 6.65. The number of rotatable bonds is 4. The summed E-state index contributed by atoms with van der Waals surface area (Å²) in [5, 5.41) is 0. The quantitative estimate of drug-likeness (QED) is 0.223. The molecule has 0 spiro atoms. The molecule has 0 aliphatic heterocycles. The summed E-state index contributed by atoms with van der Waals surface area (Å²) in [5.41, 5.74) is 0.101. The molecule has 2 heterocycles. The van der Waals surface area contributed by atoms with E-state index in [-0.39, 0.29) is 20.9 Å². The van der Waals surface area contributed by atoms with Crippen LogP contribution >= 0.6 is 22.7 Å². The highest BCUT2D eigenvalue weighted by atomic mass is 32.1. The number of halogens is 6. The van der Waals surface area contributed by atoms with Gasteiger partial charge in [0.05, 0.1) is 0 Å². The molecule has 0 N–H and O–H groups in total. The first-order valence-electron chi connectivity index (χ1n) is 11.5. The van der Waals surface area contributed by atoms with Crippen molar-refractivity contribution in [1.82, 2.24) is 0 Å². The van der Waals surface area contributed by atoms with Crippen LogP contribution in [0.4, 0.5) is 26.3 Å². The van der Waals surface area contributed by atoms with Gasteiger partial charge in [0.25, 0.3) is 0 Å². The molecule has 4 aromatic rings. The Morgan fingerprint density at radius 2 is 0.919 bits per heavy atom. The van der Waals surface area contributed by atoms with E-state index in [1.165, 1.54) is 26.0 Å². The molecule has 0 nitrogen and oxygen atoms in total. The minimum absolute atomic E-state index is 0.268. The normalized spacial score (nSPS) is 18.0. The van der Waals surface area contributed by atoms with Crippen LogP contribution in [0.2, 0.25) is 0 Å². The van der Waals surface area contributed by atoms with E-state index in [2.05, 4.69) is 0 Å². The molecule has 1 aliphatic carbocycles. The van der Waals surface area contributed by atoms with Gasteiger partial charge in [-0.3, -0.25) is 0 Å². The molecule has 0 radical (unpaired) electrons. The van der Waals surface area contributed by atoms with Gasteiger partial charge in [0.1, 0.15) is 0 Å². The Morgan fingerprint density at radius 3 is 1.27 bits per heavy atom. The van der Waals surface area contributed by atoms with Crippen LogP contribution in [0.3, 0.4) is 0 Å². The summed E-state index contributed by atoms with van der Waals surface area (Å²) in [4.78, 5) is 1.62. The molecule has 192 valence electrons. The number of thiophene rings is 2. The fourth-order valence-electron chi connectivity index (χ4n) is 4.77. The summed E-state index contributed by atoms with van der Waals surface area (Å²) in [7, 11) is 0. The van der Waals surface area contributed by atoms with Gasteiger partial charge >= 0.3 is 17.8 Å². The second-order valence-electron chi connectivity index (χ2n) is 9.37. The van der Waals surface area contributed by atoms with Gasteiger partial charge < -0.3 is 0 Å². The first-order valence-corrected chi connectivity index (χ1v) is 13.1. The Hall–Kier alpha value is -2.84. The lowest BCUT2D eigenvalue weighted by molar-refractivity contribution is -0.254. The molecule has 2 aromatic carbocycles. The van der Waals surface area contributed by atoms with Gasteiger partial charge in [-0.15, -0.1) is 22.7 Å². The number of hydrogen-bond acceptors (Lipinski definition) is 2. The van der Waals surface area contributed by atoms with Crippen LogP contribution < -0.4 is 0 Å². The molecular weight excluding hydrogens is 526 g/mol. The van der Waals surface area contributed by atoms with Gasteiger partial charge in [0.15, 0.2) is 0 Å².